The Morgan fingerprint density at radius 2 is 1.64 bits per heavy atom. The van der Waals surface area contributed by atoms with Crippen LogP contribution in [-0.2, 0) is 0 Å². The van der Waals surface area contributed by atoms with E-state index in [1.54, 1.807) is 19.5 Å². The number of benzene rings is 2. The number of hydrogen-bond donors (Lipinski definition) is 1. The molecule has 0 saturated heterocycles. The van der Waals surface area contributed by atoms with Crippen LogP contribution < -0.4 is 14.9 Å². The summed E-state index contributed by atoms with van der Waals surface area (Å²) in [6, 6.07) is 17.4. The lowest BCUT2D eigenvalue weighted by Crippen LogP contribution is -2.19. The van der Waals surface area contributed by atoms with Gasteiger partial charge in [0, 0.05) is 29.1 Å². The molecule has 0 spiro atoms. The van der Waals surface area contributed by atoms with E-state index in [1.807, 2.05) is 61.5 Å². The summed E-state index contributed by atoms with van der Waals surface area (Å²) in [5.41, 5.74) is 7.48. The van der Waals surface area contributed by atoms with Crippen molar-refractivity contribution in [3.8, 4) is 11.5 Å². The Morgan fingerprint density at radius 3 is 2.36 bits per heavy atom. The van der Waals surface area contributed by atoms with Crippen molar-refractivity contribution in [1.29, 1.82) is 0 Å². The van der Waals surface area contributed by atoms with Gasteiger partial charge in [-0.3, -0.25) is 10.4 Å². The molecule has 28 heavy (non-hydrogen) atoms. The van der Waals surface area contributed by atoms with Crippen LogP contribution in [0.15, 0.2) is 77.1 Å². The van der Waals surface area contributed by atoms with E-state index < -0.39 is 0 Å². The summed E-state index contributed by atoms with van der Waals surface area (Å²) in [6.45, 7) is 2.56. The zero-order valence-corrected chi connectivity index (χ0v) is 15.7. The maximum absolute atomic E-state index is 5.68. The van der Waals surface area contributed by atoms with Gasteiger partial charge in [0.2, 0.25) is 0 Å². The molecule has 2 aromatic carbocycles. The average Bonchev–Trinajstić information content (AvgIpc) is 2.94. The van der Waals surface area contributed by atoms with Crippen LogP contribution in [0.1, 0.15) is 23.6 Å². The summed E-state index contributed by atoms with van der Waals surface area (Å²) in [4.78, 5) is 8.93. The van der Waals surface area contributed by atoms with Crippen LogP contribution in [0.2, 0.25) is 0 Å². The Morgan fingerprint density at radius 1 is 0.893 bits per heavy atom. The highest BCUT2D eigenvalue weighted by atomic mass is 16.5. The van der Waals surface area contributed by atoms with Crippen molar-refractivity contribution in [1.82, 2.24) is 10.4 Å². The fraction of sp³-hybridized carbons (Fsp3) is 0.136. The summed E-state index contributed by atoms with van der Waals surface area (Å²) in [5, 5.41) is 4.66. The van der Waals surface area contributed by atoms with E-state index in [-0.39, 0.29) is 0 Å². The van der Waals surface area contributed by atoms with Gasteiger partial charge in [0.05, 0.1) is 19.4 Å². The Hall–Kier alpha value is -3.67. The molecule has 0 fully saturated rings. The number of rotatable bonds is 5. The molecule has 0 saturated carbocycles. The number of amidine groups is 1. The highest BCUT2D eigenvalue weighted by Gasteiger charge is 2.18. The minimum atomic E-state index is 0.596. The third kappa shape index (κ3) is 3.57. The zero-order valence-electron chi connectivity index (χ0n) is 15.7. The van der Waals surface area contributed by atoms with Crippen molar-refractivity contribution in [3.05, 3.63) is 83.7 Å². The second kappa shape index (κ2) is 7.92. The molecule has 0 bridgehead atoms. The van der Waals surface area contributed by atoms with Gasteiger partial charge in [0.1, 0.15) is 17.2 Å². The standard InChI is InChI=1S/C22H20N4O2/c1-3-28-18-8-9-20-19(14-18)21(15-10-12-23-13-11-15)25-26-22(24-20)16-4-6-17(27-2)7-5-16/h4-14H,3H2,1-2H3,(H,24,26). The first-order valence-electron chi connectivity index (χ1n) is 9.03. The third-order valence-electron chi connectivity index (χ3n) is 4.36. The number of aromatic nitrogens is 1. The van der Waals surface area contributed by atoms with E-state index >= 15 is 0 Å². The van der Waals surface area contributed by atoms with Crippen LogP contribution in [-0.4, -0.2) is 30.2 Å². The van der Waals surface area contributed by atoms with E-state index in [1.165, 1.54) is 0 Å². The topological polar surface area (TPSA) is 68.1 Å². The number of nitrogens with zero attached hydrogens (tertiary/aromatic N) is 3. The zero-order chi connectivity index (χ0) is 19.3. The van der Waals surface area contributed by atoms with Gasteiger partial charge in [-0.1, -0.05) is 0 Å². The minimum absolute atomic E-state index is 0.596. The molecule has 0 aliphatic carbocycles. The van der Waals surface area contributed by atoms with E-state index in [0.29, 0.717) is 12.4 Å². The fourth-order valence-electron chi connectivity index (χ4n) is 2.98. The monoisotopic (exact) mass is 372 g/mol. The SMILES string of the molecule is CCOc1ccc2c(c1)C(c1ccncc1)=NNC(c1ccc(OC)cc1)=N2. The lowest BCUT2D eigenvalue weighted by atomic mass is 10.0. The molecule has 1 aromatic heterocycles. The molecular formula is C22H20N4O2. The molecule has 6 nitrogen and oxygen atoms in total. The predicted octanol–water partition coefficient (Wildman–Crippen LogP) is 3.92. The molecule has 140 valence electrons. The summed E-state index contributed by atoms with van der Waals surface area (Å²) >= 11 is 0. The Balaban J connectivity index is 1.82. The molecule has 0 unspecified atom stereocenters. The molecule has 1 aliphatic rings. The van der Waals surface area contributed by atoms with Crippen LogP contribution >= 0.6 is 0 Å². The summed E-state index contributed by atoms with van der Waals surface area (Å²) in [6.07, 6.45) is 3.50. The second-order valence-electron chi connectivity index (χ2n) is 6.11. The lowest BCUT2D eigenvalue weighted by Gasteiger charge is -2.10. The first-order chi connectivity index (χ1) is 13.8. The Labute approximate surface area is 163 Å². The molecular weight excluding hydrogens is 352 g/mol. The largest absolute Gasteiger partial charge is 0.497 e. The fourth-order valence-corrected chi connectivity index (χ4v) is 2.98. The van der Waals surface area contributed by atoms with Gasteiger partial charge in [0.25, 0.3) is 0 Å². The van der Waals surface area contributed by atoms with E-state index in [0.717, 1.165) is 39.6 Å². The van der Waals surface area contributed by atoms with Gasteiger partial charge >= 0.3 is 0 Å². The van der Waals surface area contributed by atoms with Crippen molar-refractivity contribution in [2.24, 2.45) is 10.1 Å². The van der Waals surface area contributed by atoms with Crippen LogP contribution in [0, 0.1) is 0 Å². The van der Waals surface area contributed by atoms with Crippen LogP contribution in [0.4, 0.5) is 5.69 Å². The minimum Gasteiger partial charge on any atom is -0.497 e. The number of nitrogens with one attached hydrogen (secondary N) is 1. The molecule has 3 aromatic rings. The number of aliphatic imine (C=N–C) groups is 1. The third-order valence-corrected chi connectivity index (χ3v) is 4.36. The van der Waals surface area contributed by atoms with Crippen LogP contribution in [0.25, 0.3) is 0 Å². The number of hydrazone groups is 1. The summed E-state index contributed by atoms with van der Waals surface area (Å²) < 4.78 is 10.9. The molecule has 0 radical (unpaired) electrons. The average molecular weight is 372 g/mol. The van der Waals surface area contributed by atoms with E-state index in [4.69, 9.17) is 14.5 Å². The number of fused-ring (bicyclic) bond motifs is 1. The quantitative estimate of drug-likeness (QED) is 0.737. The van der Waals surface area contributed by atoms with Gasteiger partial charge in [-0.25, -0.2) is 4.99 Å². The normalized spacial score (nSPS) is 12.8. The number of pyridine rings is 1. The first-order valence-corrected chi connectivity index (χ1v) is 9.03. The van der Waals surface area contributed by atoms with Gasteiger partial charge in [-0.2, -0.15) is 5.10 Å². The molecule has 4 rings (SSSR count). The number of hydrogen-bond acceptors (Lipinski definition) is 6. The maximum atomic E-state index is 5.68. The van der Waals surface area contributed by atoms with E-state index in [2.05, 4.69) is 15.5 Å². The van der Waals surface area contributed by atoms with Gasteiger partial charge in [-0.15, -0.1) is 0 Å². The summed E-state index contributed by atoms with van der Waals surface area (Å²) in [7, 11) is 1.65. The van der Waals surface area contributed by atoms with Gasteiger partial charge in [0.15, 0.2) is 5.84 Å². The smallest absolute Gasteiger partial charge is 0.154 e. The maximum Gasteiger partial charge on any atom is 0.154 e. The molecule has 1 aliphatic heterocycles. The summed E-state index contributed by atoms with van der Waals surface area (Å²) in [5.74, 6) is 2.24. The predicted molar refractivity (Wildman–Crippen MR) is 110 cm³/mol. The van der Waals surface area contributed by atoms with Crippen LogP contribution in [0.5, 0.6) is 11.5 Å². The molecule has 2 heterocycles. The number of methoxy groups -OCH3 is 1. The molecule has 0 atom stereocenters. The second-order valence-corrected chi connectivity index (χ2v) is 6.11. The van der Waals surface area contributed by atoms with Crippen molar-refractivity contribution >= 4 is 17.2 Å². The lowest BCUT2D eigenvalue weighted by molar-refractivity contribution is 0.340. The van der Waals surface area contributed by atoms with Gasteiger partial charge in [-0.05, 0) is 61.5 Å². The molecule has 6 heteroatoms. The van der Waals surface area contributed by atoms with Crippen molar-refractivity contribution in [2.75, 3.05) is 13.7 Å². The first kappa shape index (κ1) is 17.7. The molecule has 0 amide bonds. The van der Waals surface area contributed by atoms with Crippen LogP contribution in [0.3, 0.4) is 0 Å². The number of ether oxygens (including phenoxy) is 2. The van der Waals surface area contributed by atoms with Gasteiger partial charge < -0.3 is 9.47 Å². The van der Waals surface area contributed by atoms with Crippen molar-refractivity contribution in [2.45, 2.75) is 6.92 Å². The molecule has 1 N–H and O–H groups in total. The Kier molecular flexibility index (Phi) is 5.01. The van der Waals surface area contributed by atoms with E-state index in [9.17, 15) is 0 Å². The highest BCUT2D eigenvalue weighted by molar-refractivity contribution is 6.18. The highest BCUT2D eigenvalue weighted by Crippen LogP contribution is 2.29. The van der Waals surface area contributed by atoms with Crippen molar-refractivity contribution in [3.63, 3.8) is 0 Å². The Bertz CT molecular complexity index is 1030. The van der Waals surface area contributed by atoms with Crippen molar-refractivity contribution < 1.29 is 9.47 Å².